The summed E-state index contributed by atoms with van der Waals surface area (Å²) in [4.78, 5) is 59.8. The van der Waals surface area contributed by atoms with Crippen molar-refractivity contribution < 1.29 is 29.0 Å². The molecule has 2 fully saturated rings. The van der Waals surface area contributed by atoms with Gasteiger partial charge in [0.05, 0.1) is 17.8 Å². The zero-order valence-electron chi connectivity index (χ0n) is 27.7. The molecular formula is C38H43N5O6. The highest BCUT2D eigenvalue weighted by atomic mass is 16.5. The predicted molar refractivity (Wildman–Crippen MR) is 187 cm³/mol. The maximum Gasteiger partial charge on any atom is 0.330 e. The minimum atomic E-state index is -1.46. The molecule has 11 heteroatoms. The summed E-state index contributed by atoms with van der Waals surface area (Å²) in [6.07, 6.45) is 8.67. The van der Waals surface area contributed by atoms with Gasteiger partial charge in [-0.15, -0.1) is 6.58 Å². The SMILES string of the molecule is C=C[C@H]1C[C@]1(NC(=O)[C@@H]1C[C@@H]2CN1C(=O)[C@H](CCCC)NC(=O)NCCC/C=C/c1ccc3nc(-c4ccccc4)cc(c3c1)O2)C(=O)O. The van der Waals surface area contributed by atoms with Gasteiger partial charge in [-0.3, -0.25) is 9.59 Å². The van der Waals surface area contributed by atoms with Gasteiger partial charge in [-0.2, -0.15) is 0 Å². The molecule has 1 aromatic heterocycles. The summed E-state index contributed by atoms with van der Waals surface area (Å²) in [6, 6.07) is 15.3. The summed E-state index contributed by atoms with van der Waals surface area (Å²) in [6.45, 7) is 6.21. The Bertz CT molecular complexity index is 1780. The summed E-state index contributed by atoms with van der Waals surface area (Å²) in [7, 11) is 0. The molecule has 1 saturated carbocycles. The van der Waals surface area contributed by atoms with Crippen molar-refractivity contribution in [1.29, 1.82) is 0 Å². The minimum absolute atomic E-state index is 0.0673. The Labute approximate surface area is 285 Å². The molecule has 0 unspecified atom stereocenters. The van der Waals surface area contributed by atoms with Crippen molar-refractivity contribution in [2.75, 3.05) is 13.1 Å². The van der Waals surface area contributed by atoms with Gasteiger partial charge in [0.25, 0.3) is 0 Å². The van der Waals surface area contributed by atoms with Crippen LogP contribution in [0.4, 0.5) is 4.79 Å². The molecule has 6 rings (SSSR count). The van der Waals surface area contributed by atoms with Crippen LogP contribution in [0.5, 0.6) is 5.75 Å². The van der Waals surface area contributed by atoms with Crippen molar-refractivity contribution in [2.45, 2.75) is 75.6 Å². The van der Waals surface area contributed by atoms with E-state index in [1.54, 1.807) is 0 Å². The van der Waals surface area contributed by atoms with E-state index in [1.165, 1.54) is 11.0 Å². The van der Waals surface area contributed by atoms with E-state index in [0.29, 0.717) is 31.6 Å². The summed E-state index contributed by atoms with van der Waals surface area (Å²) in [5, 5.41) is 19.2. The second-order valence-electron chi connectivity index (χ2n) is 13.1. The fourth-order valence-electron chi connectivity index (χ4n) is 6.76. The molecule has 0 spiro atoms. The van der Waals surface area contributed by atoms with Crippen LogP contribution < -0.4 is 20.7 Å². The van der Waals surface area contributed by atoms with E-state index in [1.807, 2.05) is 67.6 Å². The van der Waals surface area contributed by atoms with Gasteiger partial charge < -0.3 is 30.7 Å². The summed E-state index contributed by atoms with van der Waals surface area (Å²) >= 11 is 0. The van der Waals surface area contributed by atoms with Crippen LogP contribution in [0.2, 0.25) is 0 Å². The van der Waals surface area contributed by atoms with Crippen LogP contribution >= 0.6 is 0 Å². The van der Waals surface area contributed by atoms with Crippen LogP contribution in [0.15, 0.2) is 73.3 Å². The zero-order valence-corrected chi connectivity index (χ0v) is 27.7. The second kappa shape index (κ2) is 14.5. The number of hydrogen-bond acceptors (Lipinski definition) is 6. The first-order chi connectivity index (χ1) is 23.7. The molecule has 1 aliphatic carbocycles. The first kappa shape index (κ1) is 33.7. The molecule has 5 atom stereocenters. The molecule has 2 aliphatic heterocycles. The van der Waals surface area contributed by atoms with Gasteiger partial charge >= 0.3 is 12.0 Å². The first-order valence-corrected chi connectivity index (χ1v) is 17.1. The molecule has 49 heavy (non-hydrogen) atoms. The summed E-state index contributed by atoms with van der Waals surface area (Å²) < 4.78 is 6.71. The number of carbonyl (C=O) groups is 4. The Morgan fingerprint density at radius 1 is 1.18 bits per heavy atom. The molecule has 3 aliphatic rings. The van der Waals surface area contributed by atoms with Crippen LogP contribution in [0.3, 0.4) is 0 Å². The Morgan fingerprint density at radius 3 is 2.73 bits per heavy atom. The third kappa shape index (κ3) is 7.30. The lowest BCUT2D eigenvalue weighted by Gasteiger charge is -2.29. The highest BCUT2D eigenvalue weighted by molar-refractivity contribution is 5.96. The molecule has 0 radical (unpaired) electrons. The van der Waals surface area contributed by atoms with Crippen molar-refractivity contribution in [2.24, 2.45) is 5.92 Å². The number of rotatable bonds is 8. The number of hydrogen-bond donors (Lipinski definition) is 4. The predicted octanol–water partition coefficient (Wildman–Crippen LogP) is 5.06. The molecule has 11 nitrogen and oxygen atoms in total. The number of carboxylic acid groups (broad SMARTS) is 1. The molecule has 3 heterocycles. The van der Waals surface area contributed by atoms with E-state index < -0.39 is 53.5 Å². The third-order valence-corrected chi connectivity index (χ3v) is 9.63. The number of allylic oxidation sites excluding steroid dienone is 1. The van der Waals surface area contributed by atoms with Crippen molar-refractivity contribution in [3.63, 3.8) is 0 Å². The molecule has 3 aromatic rings. The van der Waals surface area contributed by atoms with E-state index in [0.717, 1.165) is 40.6 Å². The van der Waals surface area contributed by atoms with Crippen molar-refractivity contribution in [1.82, 2.24) is 25.8 Å². The fourth-order valence-corrected chi connectivity index (χ4v) is 6.76. The summed E-state index contributed by atoms with van der Waals surface area (Å²) in [5.41, 5.74) is 1.86. The van der Waals surface area contributed by atoms with E-state index in [4.69, 9.17) is 9.72 Å². The number of nitrogens with zero attached hydrogens (tertiary/aromatic N) is 2. The van der Waals surface area contributed by atoms with Gasteiger partial charge in [0.2, 0.25) is 11.8 Å². The second-order valence-corrected chi connectivity index (χ2v) is 13.1. The smallest absolute Gasteiger partial charge is 0.330 e. The van der Waals surface area contributed by atoms with Gasteiger partial charge in [-0.1, -0.05) is 74.4 Å². The molecule has 4 amide bonds. The Kier molecular flexibility index (Phi) is 9.98. The molecule has 4 bridgehead atoms. The number of fused-ring (bicyclic) bond motifs is 3. The number of benzene rings is 2. The van der Waals surface area contributed by atoms with E-state index in [2.05, 4.69) is 28.6 Å². The van der Waals surface area contributed by atoms with Gasteiger partial charge in [-0.05, 0) is 43.4 Å². The lowest BCUT2D eigenvalue weighted by Crippen LogP contribution is -2.57. The number of aromatic nitrogens is 1. The topological polar surface area (TPSA) is 150 Å². The van der Waals surface area contributed by atoms with Crippen LogP contribution in [0.1, 0.15) is 57.4 Å². The van der Waals surface area contributed by atoms with Gasteiger partial charge in [0.1, 0.15) is 29.5 Å². The van der Waals surface area contributed by atoms with Crippen LogP contribution in [0, 0.1) is 5.92 Å². The van der Waals surface area contributed by atoms with E-state index >= 15 is 0 Å². The van der Waals surface area contributed by atoms with Gasteiger partial charge in [0, 0.05) is 35.9 Å². The van der Waals surface area contributed by atoms with Crippen LogP contribution in [0.25, 0.3) is 28.2 Å². The molecule has 256 valence electrons. The van der Waals surface area contributed by atoms with Crippen LogP contribution in [-0.2, 0) is 14.4 Å². The number of amides is 4. The largest absolute Gasteiger partial charge is 0.488 e. The Morgan fingerprint density at radius 2 is 2.00 bits per heavy atom. The first-order valence-electron chi connectivity index (χ1n) is 17.1. The third-order valence-electron chi connectivity index (χ3n) is 9.63. The van der Waals surface area contributed by atoms with Crippen molar-refractivity contribution in [3.05, 3.63) is 78.9 Å². The monoisotopic (exact) mass is 665 g/mol. The summed E-state index contributed by atoms with van der Waals surface area (Å²) in [5.74, 6) is -1.99. The van der Waals surface area contributed by atoms with E-state index in [9.17, 15) is 24.3 Å². The number of pyridine rings is 1. The number of carboxylic acids is 1. The fraction of sp³-hybridized carbons (Fsp3) is 0.395. The number of carbonyl (C=O) groups excluding carboxylic acids is 3. The zero-order chi connectivity index (χ0) is 34.5. The maximum absolute atomic E-state index is 14.3. The van der Waals surface area contributed by atoms with Crippen molar-refractivity contribution in [3.8, 4) is 17.0 Å². The van der Waals surface area contributed by atoms with Crippen LogP contribution in [-0.4, -0.2) is 75.6 Å². The number of unbranched alkanes of at least 4 members (excludes halogenated alkanes) is 1. The number of ether oxygens (including phenoxy) is 1. The van der Waals surface area contributed by atoms with Crippen molar-refractivity contribution >= 4 is 40.8 Å². The average Bonchev–Trinajstić information content (AvgIpc) is 3.67. The van der Waals surface area contributed by atoms with Gasteiger partial charge in [-0.25, -0.2) is 14.6 Å². The highest BCUT2D eigenvalue weighted by Crippen LogP contribution is 2.45. The molecule has 2 aromatic carbocycles. The lowest BCUT2D eigenvalue weighted by atomic mass is 10.1. The quantitative estimate of drug-likeness (QED) is 0.246. The number of nitrogens with one attached hydrogen (secondary N) is 3. The van der Waals surface area contributed by atoms with Gasteiger partial charge in [0.15, 0.2) is 0 Å². The average molecular weight is 666 g/mol. The standard InChI is InChI=1S/C38H43N5O6/c1-3-5-15-30-35(45)43-23-27(20-32(43)34(44)42-38(36(46)47)22-26(38)4-2)49-33-21-31(25-13-9-6-10-14-25)40-29-17-16-24(19-28(29)33)12-8-7-11-18-39-37(48)41-30/h4,6,8-10,12-14,16-17,19,21,26-27,30,32H,2-3,5,7,11,15,18,20,22-23H2,1H3,(H,42,44)(H,46,47)(H2,39,41,48)/b12-8+/t26-,27+,30-,32-,38+/m0/s1. The molecule has 1 saturated heterocycles. The van der Waals surface area contributed by atoms with E-state index in [-0.39, 0.29) is 19.4 Å². The molecular weight excluding hydrogens is 622 g/mol. The lowest BCUT2D eigenvalue weighted by molar-refractivity contribution is -0.145. The Hall–Kier alpha value is -5.19. The minimum Gasteiger partial charge on any atom is -0.488 e. The number of aliphatic carboxylic acids is 1. The highest BCUT2D eigenvalue weighted by Gasteiger charge is 2.61. The molecule has 4 N–H and O–H groups in total. The normalized spacial score (nSPS) is 26.1. The number of urea groups is 1. The maximum atomic E-state index is 14.3. The Balaban J connectivity index is 1.39.